The van der Waals surface area contributed by atoms with E-state index in [1.54, 1.807) is 13.8 Å². The van der Waals surface area contributed by atoms with E-state index in [2.05, 4.69) is 25.8 Å². The predicted molar refractivity (Wildman–Crippen MR) is 131 cm³/mol. The maximum Gasteiger partial charge on any atom is 0.269 e. The van der Waals surface area contributed by atoms with E-state index < -0.39 is 17.6 Å². The molecule has 2 rings (SSSR count). The van der Waals surface area contributed by atoms with Crippen LogP contribution in [0.15, 0.2) is 58.9 Å². The van der Waals surface area contributed by atoms with Crippen molar-refractivity contribution in [3.05, 3.63) is 76.4 Å². The first-order chi connectivity index (χ1) is 15.0. The van der Waals surface area contributed by atoms with Crippen LogP contribution < -0.4 is 17.2 Å². The first-order valence-electron chi connectivity index (χ1n) is 10.5. The Labute approximate surface area is 189 Å². The molecule has 0 radical (unpaired) electrons. The highest BCUT2D eigenvalue weighted by Gasteiger charge is 2.21. The Morgan fingerprint density at radius 3 is 2.16 bits per heavy atom. The van der Waals surface area contributed by atoms with Crippen LogP contribution in [0, 0.1) is 17.1 Å². The lowest BCUT2D eigenvalue weighted by Gasteiger charge is -2.18. The lowest BCUT2D eigenvalue weighted by atomic mass is 9.91. The van der Waals surface area contributed by atoms with Gasteiger partial charge in [-0.25, -0.2) is 9.38 Å². The van der Waals surface area contributed by atoms with E-state index in [4.69, 9.17) is 22.6 Å². The van der Waals surface area contributed by atoms with Crippen molar-refractivity contribution >= 4 is 23.5 Å². The third kappa shape index (κ3) is 7.04. The molecule has 0 fully saturated rings. The van der Waals surface area contributed by atoms with Crippen LogP contribution in [0.3, 0.4) is 0 Å². The number of primary amides is 1. The normalized spacial score (nSPS) is 13.0. The first-order valence-corrected chi connectivity index (χ1v) is 10.5. The molecule has 0 spiro atoms. The average molecular weight is 440 g/mol. The van der Waals surface area contributed by atoms with Crippen molar-refractivity contribution in [3.63, 3.8) is 0 Å². The van der Waals surface area contributed by atoms with E-state index in [1.807, 2.05) is 30.3 Å². The number of anilines is 1. The van der Waals surface area contributed by atoms with E-state index in [0.717, 1.165) is 17.7 Å². The molecule has 1 atom stereocenters. The number of allylic oxidation sites excluding steroid dienone is 1. The standard InChI is InChI=1S/C20H22FN5O.C5H12/c1-11(14-8-9-16(21)18(24)15(14)10-22)17(23)19(20(25)27)26-12(2)13-6-4-3-5-7-13;1-4-5(2)3/h3-11,22H,23-24H2,1-2H3,(H2,25,27);5H,4H2,1-3H3/b19-17+,22-10?,26-12?;. The van der Waals surface area contributed by atoms with Crippen LogP contribution in [0.25, 0.3) is 0 Å². The molecule has 0 aliphatic rings. The number of aliphatic imine (C=N–C) groups is 1. The number of carbonyl (C=O) groups excluding carboxylic acids is 1. The molecular formula is C25H34FN5O. The minimum absolute atomic E-state index is 0.0809. The summed E-state index contributed by atoms with van der Waals surface area (Å²) in [5, 5.41) is 7.53. The Morgan fingerprint density at radius 2 is 1.69 bits per heavy atom. The van der Waals surface area contributed by atoms with Gasteiger partial charge in [-0.1, -0.05) is 70.5 Å². The highest BCUT2D eigenvalue weighted by Crippen LogP contribution is 2.30. The molecule has 0 aliphatic heterocycles. The van der Waals surface area contributed by atoms with Gasteiger partial charge < -0.3 is 22.6 Å². The number of hydrogen-bond donors (Lipinski definition) is 4. The van der Waals surface area contributed by atoms with Gasteiger partial charge in [0.15, 0.2) is 0 Å². The molecule has 7 heteroatoms. The van der Waals surface area contributed by atoms with Crippen LogP contribution >= 0.6 is 0 Å². The van der Waals surface area contributed by atoms with Crippen LogP contribution in [0.1, 0.15) is 63.6 Å². The van der Waals surface area contributed by atoms with Crippen LogP contribution in [-0.2, 0) is 4.79 Å². The molecule has 172 valence electrons. The van der Waals surface area contributed by atoms with E-state index >= 15 is 0 Å². The van der Waals surface area contributed by atoms with Gasteiger partial charge >= 0.3 is 0 Å². The fraction of sp³-hybridized carbons (Fsp3) is 0.320. The molecule has 0 saturated heterocycles. The molecule has 2 aromatic carbocycles. The second-order valence-corrected chi connectivity index (χ2v) is 7.86. The Balaban J connectivity index is 0.000000920. The van der Waals surface area contributed by atoms with E-state index in [-0.39, 0.29) is 22.6 Å². The van der Waals surface area contributed by atoms with Crippen molar-refractivity contribution in [2.75, 3.05) is 5.73 Å². The summed E-state index contributed by atoms with van der Waals surface area (Å²) in [5.74, 6) is -1.07. The average Bonchev–Trinajstić information content (AvgIpc) is 2.78. The van der Waals surface area contributed by atoms with Gasteiger partial charge in [0.1, 0.15) is 11.5 Å². The Morgan fingerprint density at radius 1 is 1.12 bits per heavy atom. The third-order valence-corrected chi connectivity index (χ3v) is 5.14. The summed E-state index contributed by atoms with van der Waals surface area (Å²) in [7, 11) is 0. The van der Waals surface area contributed by atoms with Gasteiger partial charge in [-0.2, -0.15) is 0 Å². The smallest absolute Gasteiger partial charge is 0.269 e. The molecule has 7 N–H and O–H groups in total. The number of rotatable bonds is 7. The summed E-state index contributed by atoms with van der Waals surface area (Å²) in [4.78, 5) is 16.3. The Bertz CT molecular complexity index is 997. The first kappa shape index (κ1) is 26.6. The third-order valence-electron chi connectivity index (χ3n) is 5.14. The summed E-state index contributed by atoms with van der Waals surface area (Å²) >= 11 is 0. The molecule has 0 saturated carbocycles. The maximum atomic E-state index is 13.7. The fourth-order valence-corrected chi connectivity index (χ4v) is 2.71. The molecule has 2 aromatic rings. The number of halogens is 1. The molecule has 0 aromatic heterocycles. The van der Waals surface area contributed by atoms with Crippen molar-refractivity contribution in [2.24, 2.45) is 22.4 Å². The number of hydrogen-bond acceptors (Lipinski definition) is 5. The number of benzene rings is 2. The molecule has 32 heavy (non-hydrogen) atoms. The monoisotopic (exact) mass is 439 g/mol. The molecule has 0 bridgehead atoms. The van der Waals surface area contributed by atoms with Crippen LogP contribution in [0.4, 0.5) is 10.1 Å². The van der Waals surface area contributed by atoms with Gasteiger partial charge in [0, 0.05) is 29.1 Å². The van der Waals surface area contributed by atoms with Crippen LogP contribution in [0.5, 0.6) is 0 Å². The summed E-state index contributed by atoms with van der Waals surface area (Å²) in [5.41, 5.74) is 19.4. The Hall–Kier alpha value is -3.48. The van der Waals surface area contributed by atoms with Gasteiger partial charge in [-0.3, -0.25) is 4.79 Å². The van der Waals surface area contributed by atoms with Crippen molar-refractivity contribution in [1.82, 2.24) is 0 Å². The number of nitrogens with two attached hydrogens (primary N) is 3. The molecular weight excluding hydrogens is 405 g/mol. The highest BCUT2D eigenvalue weighted by atomic mass is 19.1. The minimum atomic E-state index is -0.777. The molecule has 1 amide bonds. The van der Waals surface area contributed by atoms with E-state index in [0.29, 0.717) is 11.3 Å². The summed E-state index contributed by atoms with van der Waals surface area (Å²) in [6.07, 6.45) is 2.26. The van der Waals surface area contributed by atoms with Gasteiger partial charge in [0.25, 0.3) is 5.91 Å². The topological polar surface area (TPSA) is 131 Å². The second-order valence-electron chi connectivity index (χ2n) is 7.86. The van der Waals surface area contributed by atoms with Crippen molar-refractivity contribution < 1.29 is 9.18 Å². The highest BCUT2D eigenvalue weighted by molar-refractivity contribution is 6.03. The molecule has 1 unspecified atom stereocenters. The lowest BCUT2D eigenvalue weighted by Crippen LogP contribution is -2.22. The largest absolute Gasteiger partial charge is 0.400 e. The summed E-state index contributed by atoms with van der Waals surface area (Å²) < 4.78 is 13.7. The van der Waals surface area contributed by atoms with E-state index in [9.17, 15) is 9.18 Å². The zero-order chi connectivity index (χ0) is 24.4. The minimum Gasteiger partial charge on any atom is -0.400 e. The number of nitrogen functional groups attached to an aromatic ring is 1. The van der Waals surface area contributed by atoms with Crippen molar-refractivity contribution in [2.45, 2.75) is 47.0 Å². The van der Waals surface area contributed by atoms with Gasteiger partial charge in [0.05, 0.1) is 5.69 Å². The Kier molecular flexibility index (Phi) is 10.3. The fourth-order valence-electron chi connectivity index (χ4n) is 2.71. The lowest BCUT2D eigenvalue weighted by molar-refractivity contribution is -0.114. The van der Waals surface area contributed by atoms with Gasteiger partial charge in [-0.05, 0) is 30.0 Å². The number of amides is 1. The maximum absolute atomic E-state index is 13.7. The van der Waals surface area contributed by atoms with Crippen LogP contribution in [-0.4, -0.2) is 17.8 Å². The molecule has 0 aliphatic carbocycles. The SMILES string of the molecule is CC(=N/C(C(N)=O)=C(/N)C(C)c1ccc(F)c(N)c1C=N)c1ccccc1.CCC(C)C. The number of nitrogens with zero attached hydrogens (tertiary/aromatic N) is 1. The second kappa shape index (κ2) is 12.4. The van der Waals surface area contributed by atoms with E-state index in [1.165, 1.54) is 18.6 Å². The summed E-state index contributed by atoms with van der Waals surface area (Å²) in [6.45, 7) is 10.1. The number of carbonyl (C=O) groups is 1. The summed E-state index contributed by atoms with van der Waals surface area (Å²) in [6, 6.07) is 12.0. The van der Waals surface area contributed by atoms with Gasteiger partial charge in [-0.15, -0.1) is 0 Å². The van der Waals surface area contributed by atoms with Crippen molar-refractivity contribution in [3.8, 4) is 0 Å². The van der Waals surface area contributed by atoms with Crippen molar-refractivity contribution in [1.29, 1.82) is 5.41 Å². The zero-order valence-electron chi connectivity index (χ0n) is 19.4. The quantitative estimate of drug-likeness (QED) is 0.282. The molecule has 0 heterocycles. The number of nitrogens with one attached hydrogen (secondary N) is 1. The van der Waals surface area contributed by atoms with Gasteiger partial charge in [0.2, 0.25) is 0 Å². The zero-order valence-corrected chi connectivity index (χ0v) is 19.4. The molecule has 6 nitrogen and oxygen atoms in total. The van der Waals surface area contributed by atoms with Crippen LogP contribution in [0.2, 0.25) is 0 Å². The predicted octanol–water partition coefficient (Wildman–Crippen LogP) is 4.73.